The predicted molar refractivity (Wildman–Crippen MR) is 234 cm³/mol. The highest BCUT2D eigenvalue weighted by molar-refractivity contribution is 5.93. The van der Waals surface area contributed by atoms with E-state index in [4.69, 9.17) is 19.9 Å². The van der Waals surface area contributed by atoms with E-state index in [0.29, 0.717) is 23.3 Å². The van der Waals surface area contributed by atoms with Gasteiger partial charge in [0.05, 0.1) is 19.8 Å². The van der Waals surface area contributed by atoms with Gasteiger partial charge in [-0.05, 0) is 18.4 Å². The van der Waals surface area contributed by atoms with Crippen LogP contribution >= 0.6 is 0 Å². The smallest absolute Gasteiger partial charge is 0.417 e. The van der Waals surface area contributed by atoms with Gasteiger partial charge in [-0.3, -0.25) is 9.69 Å². The van der Waals surface area contributed by atoms with Gasteiger partial charge in [-0.2, -0.15) is 0 Å². The SMILES string of the molecule is CCCCCCCCCCCCCCCCCCOC(=O)N(CCCCCCCCCCCC)[C@@H]1O[C@H](CO)[C@H](O)[C@H](O)[C@H]1N(C(=O)CN)C(=O)OCc1ccccc1. The minimum absolute atomic E-state index is 0.139. The van der Waals surface area contributed by atoms with Crippen LogP contribution in [0, 0.1) is 0 Å². The number of nitrogens with two attached hydrogens (primary N) is 1. The quantitative estimate of drug-likeness (QED) is 0.0490. The Labute approximate surface area is 356 Å². The van der Waals surface area contributed by atoms with Crippen LogP contribution in [0.1, 0.15) is 186 Å². The number of nitrogens with zero attached hydrogens (tertiary/aromatic N) is 2. The van der Waals surface area contributed by atoms with E-state index in [1.165, 1.54) is 114 Å². The van der Waals surface area contributed by atoms with E-state index in [2.05, 4.69) is 13.8 Å². The zero-order valence-corrected chi connectivity index (χ0v) is 37.0. The van der Waals surface area contributed by atoms with Crippen molar-refractivity contribution in [2.24, 2.45) is 5.73 Å². The maximum Gasteiger partial charge on any atom is 0.417 e. The second kappa shape index (κ2) is 33.9. The minimum atomic E-state index is -1.80. The molecule has 1 fully saturated rings. The molecule has 2 rings (SSSR count). The van der Waals surface area contributed by atoms with E-state index in [-0.39, 0.29) is 19.8 Å². The molecular weight excluding hydrogens is 751 g/mol. The number of unbranched alkanes of at least 4 members (excludes halogenated alkanes) is 24. The largest absolute Gasteiger partial charge is 0.449 e. The maximum absolute atomic E-state index is 13.9. The predicted octanol–water partition coefficient (Wildman–Crippen LogP) is 9.54. The van der Waals surface area contributed by atoms with Crippen molar-refractivity contribution in [1.82, 2.24) is 9.80 Å². The third-order valence-corrected chi connectivity index (χ3v) is 11.5. The molecule has 0 spiro atoms. The first-order chi connectivity index (χ1) is 28.8. The van der Waals surface area contributed by atoms with Crippen molar-refractivity contribution in [3.8, 4) is 0 Å². The van der Waals surface area contributed by atoms with Gasteiger partial charge in [-0.15, -0.1) is 0 Å². The first-order valence-corrected chi connectivity index (χ1v) is 23.6. The van der Waals surface area contributed by atoms with Gasteiger partial charge >= 0.3 is 12.2 Å². The molecule has 0 aromatic heterocycles. The van der Waals surface area contributed by atoms with Crippen molar-refractivity contribution in [3.05, 3.63) is 35.9 Å². The van der Waals surface area contributed by atoms with Gasteiger partial charge in [0.15, 0.2) is 6.23 Å². The molecule has 12 nitrogen and oxygen atoms in total. The van der Waals surface area contributed by atoms with Crippen LogP contribution in [0.3, 0.4) is 0 Å². The average Bonchev–Trinajstić information content (AvgIpc) is 3.25. The molecule has 1 heterocycles. The van der Waals surface area contributed by atoms with E-state index in [1.807, 2.05) is 6.07 Å². The lowest BCUT2D eigenvalue weighted by atomic mass is 9.94. The first-order valence-electron chi connectivity index (χ1n) is 23.6. The molecule has 1 aliphatic heterocycles. The molecule has 59 heavy (non-hydrogen) atoms. The summed E-state index contributed by atoms with van der Waals surface area (Å²) in [5.74, 6) is -0.893. The molecular formula is C47H83N3O9. The van der Waals surface area contributed by atoms with Crippen LogP contribution in [0.15, 0.2) is 30.3 Å². The number of hydrogen-bond donors (Lipinski definition) is 4. The number of benzene rings is 1. The Hall–Kier alpha value is -2.77. The summed E-state index contributed by atoms with van der Waals surface area (Å²) in [4.78, 5) is 42.9. The zero-order valence-electron chi connectivity index (χ0n) is 37.0. The standard InChI is InChI=1S/C47H83N3O9/c1-3-5-7-9-11-13-15-16-17-18-19-20-22-24-26-31-35-57-46(55)49(34-30-25-23-21-14-12-10-8-6-4-2)45-42(44(54)43(53)40(37-51)59-45)50(41(52)36-48)47(56)58-38-39-32-28-27-29-33-39/h27-29,32-33,40,42-45,51,53-54H,3-26,30-31,34-38,48H2,1-2H3/t40-,42-,43+,44-,45-/m1/s1. The summed E-state index contributed by atoms with van der Waals surface area (Å²) in [6.45, 7) is 3.31. The second-order valence-electron chi connectivity index (χ2n) is 16.5. The van der Waals surface area contributed by atoms with Crippen LogP contribution in [0.4, 0.5) is 9.59 Å². The Morgan fingerprint density at radius 1 is 0.627 bits per heavy atom. The highest BCUT2D eigenvalue weighted by Crippen LogP contribution is 2.30. The number of aliphatic hydroxyl groups is 3. The summed E-state index contributed by atoms with van der Waals surface area (Å²) >= 11 is 0. The van der Waals surface area contributed by atoms with Crippen LogP contribution in [0.2, 0.25) is 0 Å². The van der Waals surface area contributed by atoms with Crippen molar-refractivity contribution in [2.75, 3.05) is 26.3 Å². The first kappa shape index (κ1) is 52.4. The van der Waals surface area contributed by atoms with Gasteiger partial charge in [0, 0.05) is 6.54 Å². The average molecular weight is 834 g/mol. The monoisotopic (exact) mass is 834 g/mol. The Kier molecular flexibility index (Phi) is 30.1. The molecule has 12 heteroatoms. The number of carbonyl (C=O) groups excluding carboxylic acids is 3. The van der Waals surface area contributed by atoms with Crippen LogP contribution in [0.25, 0.3) is 0 Å². The Morgan fingerprint density at radius 2 is 1.08 bits per heavy atom. The summed E-state index contributed by atoms with van der Waals surface area (Å²) in [7, 11) is 0. The number of ether oxygens (including phenoxy) is 3. The van der Waals surface area contributed by atoms with Crippen molar-refractivity contribution in [2.45, 2.75) is 218 Å². The molecule has 3 amide bonds. The molecule has 5 N–H and O–H groups in total. The van der Waals surface area contributed by atoms with Crippen LogP contribution in [0.5, 0.6) is 0 Å². The van der Waals surface area contributed by atoms with Gasteiger partial charge < -0.3 is 35.3 Å². The lowest BCUT2D eigenvalue weighted by Crippen LogP contribution is -2.70. The van der Waals surface area contributed by atoms with Crippen LogP contribution in [-0.2, 0) is 25.6 Å². The van der Waals surface area contributed by atoms with Gasteiger partial charge in [0.25, 0.3) is 0 Å². The van der Waals surface area contributed by atoms with Crippen molar-refractivity contribution >= 4 is 18.1 Å². The highest BCUT2D eigenvalue weighted by atomic mass is 16.6. The Bertz CT molecular complexity index is 1210. The molecule has 0 unspecified atom stereocenters. The van der Waals surface area contributed by atoms with E-state index in [0.717, 1.165) is 44.9 Å². The van der Waals surface area contributed by atoms with E-state index >= 15 is 0 Å². The summed E-state index contributed by atoms with van der Waals surface area (Å²) in [6, 6.07) is 7.29. The normalized spacial score (nSPS) is 19.1. The third kappa shape index (κ3) is 21.5. The number of hydrogen-bond acceptors (Lipinski definition) is 10. The minimum Gasteiger partial charge on any atom is -0.449 e. The zero-order chi connectivity index (χ0) is 42.9. The second-order valence-corrected chi connectivity index (χ2v) is 16.5. The molecule has 1 aromatic rings. The number of aliphatic hydroxyl groups excluding tert-OH is 3. The topological polar surface area (TPSA) is 172 Å². The molecule has 0 saturated carbocycles. The van der Waals surface area contributed by atoms with Crippen molar-refractivity contribution in [1.29, 1.82) is 0 Å². The molecule has 340 valence electrons. The molecule has 1 aromatic carbocycles. The summed E-state index contributed by atoms with van der Waals surface area (Å²) in [5, 5.41) is 32.6. The van der Waals surface area contributed by atoms with Crippen LogP contribution < -0.4 is 5.73 Å². The number of carbonyl (C=O) groups is 3. The van der Waals surface area contributed by atoms with E-state index in [9.17, 15) is 29.7 Å². The van der Waals surface area contributed by atoms with Crippen molar-refractivity contribution < 1.29 is 43.9 Å². The third-order valence-electron chi connectivity index (χ3n) is 11.5. The molecule has 0 radical (unpaired) electrons. The summed E-state index contributed by atoms with van der Waals surface area (Å²) < 4.78 is 17.4. The number of rotatable bonds is 34. The van der Waals surface area contributed by atoms with Crippen LogP contribution in [-0.4, -0.2) is 100 Å². The molecule has 5 atom stereocenters. The van der Waals surface area contributed by atoms with Gasteiger partial charge in [-0.25, -0.2) is 14.5 Å². The van der Waals surface area contributed by atoms with Gasteiger partial charge in [0.2, 0.25) is 5.91 Å². The fourth-order valence-corrected chi connectivity index (χ4v) is 7.88. The van der Waals surface area contributed by atoms with Gasteiger partial charge in [0.1, 0.15) is 31.0 Å². The molecule has 0 bridgehead atoms. The molecule has 0 aliphatic carbocycles. The fraction of sp³-hybridized carbons (Fsp3) is 0.809. The Morgan fingerprint density at radius 3 is 1.54 bits per heavy atom. The summed E-state index contributed by atoms with van der Waals surface area (Å²) in [6.07, 6.45) is 22.3. The summed E-state index contributed by atoms with van der Waals surface area (Å²) in [5.41, 5.74) is 6.43. The Balaban J connectivity index is 2.03. The van der Waals surface area contributed by atoms with Gasteiger partial charge in [-0.1, -0.05) is 198 Å². The highest BCUT2D eigenvalue weighted by Gasteiger charge is 2.53. The molecule has 1 saturated heterocycles. The number of amides is 3. The maximum atomic E-state index is 13.9. The number of imide groups is 1. The lowest BCUT2D eigenvalue weighted by molar-refractivity contribution is -0.240. The molecule has 1 aliphatic rings. The fourth-order valence-electron chi connectivity index (χ4n) is 7.88. The van der Waals surface area contributed by atoms with Crippen molar-refractivity contribution in [3.63, 3.8) is 0 Å². The van der Waals surface area contributed by atoms with E-state index < -0.39 is 61.8 Å². The lowest BCUT2D eigenvalue weighted by Gasteiger charge is -2.48. The van der Waals surface area contributed by atoms with E-state index in [1.54, 1.807) is 24.3 Å².